The number of nitrogens with one attached hydrogen (secondary N) is 1. The van der Waals surface area contributed by atoms with E-state index in [1.807, 2.05) is 36.4 Å². The topological polar surface area (TPSA) is 88.1 Å². The molecule has 2 heterocycles. The second kappa shape index (κ2) is 11.0. The quantitative estimate of drug-likeness (QED) is 0.537. The van der Waals surface area contributed by atoms with Gasteiger partial charge in [0.05, 0.1) is 11.1 Å². The Morgan fingerprint density at radius 1 is 1.08 bits per heavy atom. The highest BCUT2D eigenvalue weighted by Crippen LogP contribution is 2.46. The van der Waals surface area contributed by atoms with Gasteiger partial charge < -0.3 is 19.9 Å². The lowest BCUT2D eigenvalue weighted by molar-refractivity contribution is -0.145. The highest BCUT2D eigenvalue weighted by Gasteiger charge is 2.52. The number of hydrogen-bond acceptors (Lipinski definition) is 5. The molecule has 2 saturated heterocycles. The number of carboxylic acids is 1. The standard InChI is InChI=1S/C27H31ClN2O5.ClH/c28-21-3-1-4-22(17-21)35-23-5-2-14-30(18-23)27(12-15-34-16-13-27)25(33)29-26(10-11-26)20-8-6-19(7-9-20)24(31)32;/h1,3-4,6-9,17,23H,2,5,10-16,18H2,(H,29,33)(H,31,32);1H/t23-;/m0./s1. The second-order valence-corrected chi connectivity index (χ2v) is 10.3. The van der Waals surface area contributed by atoms with Gasteiger partial charge in [-0.15, -0.1) is 12.4 Å². The SMILES string of the molecule is Cl.O=C(O)c1ccc(C2(NC(=O)C3(N4CCC[C@H](Oc5cccc(Cl)c5)C4)CCOCC3)CC2)cc1. The van der Waals surface area contributed by atoms with Crippen LogP contribution in [0.3, 0.4) is 0 Å². The number of benzene rings is 2. The summed E-state index contributed by atoms with van der Waals surface area (Å²) in [6.07, 6.45) is 4.82. The fourth-order valence-corrected chi connectivity index (χ4v) is 5.61. The van der Waals surface area contributed by atoms with Crippen LogP contribution in [0, 0.1) is 0 Å². The number of carbonyl (C=O) groups is 2. The first-order valence-electron chi connectivity index (χ1n) is 12.3. The normalized spacial score (nSPS) is 22.6. The summed E-state index contributed by atoms with van der Waals surface area (Å²) in [7, 11) is 0. The van der Waals surface area contributed by atoms with E-state index in [1.54, 1.807) is 12.1 Å². The van der Waals surface area contributed by atoms with Crippen molar-refractivity contribution < 1.29 is 24.2 Å². The molecule has 0 unspecified atom stereocenters. The lowest BCUT2D eigenvalue weighted by atomic mass is 9.84. The number of halogens is 2. The predicted octanol–water partition coefficient (Wildman–Crippen LogP) is 4.66. The lowest BCUT2D eigenvalue weighted by Crippen LogP contribution is -2.65. The van der Waals surface area contributed by atoms with Crippen molar-refractivity contribution in [2.75, 3.05) is 26.3 Å². The van der Waals surface area contributed by atoms with Crippen molar-refractivity contribution in [3.05, 3.63) is 64.7 Å². The lowest BCUT2D eigenvalue weighted by Gasteiger charge is -2.48. The summed E-state index contributed by atoms with van der Waals surface area (Å²) in [5, 5.41) is 13.2. The Hall–Kier alpha value is -2.32. The van der Waals surface area contributed by atoms with E-state index in [2.05, 4.69) is 10.2 Å². The zero-order chi connectivity index (χ0) is 24.5. The summed E-state index contributed by atoms with van der Waals surface area (Å²) in [6, 6.07) is 14.3. The summed E-state index contributed by atoms with van der Waals surface area (Å²) in [5.41, 5.74) is 0.131. The molecular weight excluding hydrogens is 503 g/mol. The van der Waals surface area contributed by atoms with Crippen molar-refractivity contribution in [2.24, 2.45) is 0 Å². The Labute approximate surface area is 222 Å². The van der Waals surface area contributed by atoms with E-state index in [1.165, 1.54) is 0 Å². The van der Waals surface area contributed by atoms with Crippen LogP contribution in [-0.4, -0.2) is 59.8 Å². The number of ether oxygens (including phenoxy) is 2. The van der Waals surface area contributed by atoms with E-state index >= 15 is 0 Å². The predicted molar refractivity (Wildman–Crippen MR) is 139 cm³/mol. The van der Waals surface area contributed by atoms with Gasteiger partial charge >= 0.3 is 5.97 Å². The molecule has 2 N–H and O–H groups in total. The van der Waals surface area contributed by atoms with Gasteiger partial charge in [-0.1, -0.05) is 29.8 Å². The molecule has 0 bridgehead atoms. The Kier molecular flexibility index (Phi) is 8.15. The maximum absolute atomic E-state index is 14.0. The van der Waals surface area contributed by atoms with Crippen LogP contribution in [0.15, 0.2) is 48.5 Å². The average Bonchev–Trinajstić information content (AvgIpc) is 3.65. The molecular formula is C27H32Cl2N2O5. The molecule has 36 heavy (non-hydrogen) atoms. The summed E-state index contributed by atoms with van der Waals surface area (Å²) >= 11 is 6.13. The van der Waals surface area contributed by atoms with Crippen LogP contribution in [-0.2, 0) is 15.1 Å². The molecule has 1 atom stereocenters. The van der Waals surface area contributed by atoms with Crippen molar-refractivity contribution in [3.63, 3.8) is 0 Å². The monoisotopic (exact) mass is 534 g/mol. The number of piperidine rings is 1. The van der Waals surface area contributed by atoms with Crippen LogP contribution >= 0.6 is 24.0 Å². The largest absolute Gasteiger partial charge is 0.489 e. The van der Waals surface area contributed by atoms with Crippen LogP contribution in [0.5, 0.6) is 5.75 Å². The van der Waals surface area contributed by atoms with Crippen molar-refractivity contribution in [2.45, 2.75) is 55.7 Å². The minimum Gasteiger partial charge on any atom is -0.489 e. The van der Waals surface area contributed by atoms with Gasteiger partial charge in [-0.25, -0.2) is 4.79 Å². The van der Waals surface area contributed by atoms with E-state index in [9.17, 15) is 14.7 Å². The van der Waals surface area contributed by atoms with Crippen LogP contribution in [0.25, 0.3) is 0 Å². The molecule has 5 rings (SSSR count). The number of likely N-dealkylation sites (tertiary alicyclic amines) is 1. The third-order valence-corrected chi connectivity index (χ3v) is 7.85. The van der Waals surface area contributed by atoms with E-state index in [4.69, 9.17) is 21.1 Å². The van der Waals surface area contributed by atoms with Crippen molar-refractivity contribution >= 4 is 35.9 Å². The van der Waals surface area contributed by atoms with Crippen LogP contribution in [0.4, 0.5) is 0 Å². The molecule has 2 aromatic carbocycles. The maximum atomic E-state index is 14.0. The van der Waals surface area contributed by atoms with Gasteiger partial charge in [0.2, 0.25) is 5.91 Å². The van der Waals surface area contributed by atoms with Crippen molar-refractivity contribution in [1.29, 1.82) is 0 Å². The van der Waals surface area contributed by atoms with Crippen molar-refractivity contribution in [1.82, 2.24) is 10.2 Å². The first-order chi connectivity index (χ1) is 16.9. The van der Waals surface area contributed by atoms with E-state index in [0.717, 1.165) is 43.5 Å². The van der Waals surface area contributed by atoms with Gasteiger partial charge in [-0.2, -0.15) is 0 Å². The van der Waals surface area contributed by atoms with Gasteiger partial charge in [0, 0.05) is 24.8 Å². The molecule has 0 radical (unpaired) electrons. The minimum absolute atomic E-state index is 0. The van der Waals surface area contributed by atoms with Gasteiger partial charge in [-0.05, 0) is 81.0 Å². The summed E-state index contributed by atoms with van der Waals surface area (Å²) in [5.74, 6) is -0.174. The van der Waals surface area contributed by atoms with Crippen molar-refractivity contribution in [3.8, 4) is 5.75 Å². The molecule has 194 valence electrons. The molecule has 1 saturated carbocycles. The number of hydrogen-bond donors (Lipinski definition) is 2. The van der Waals surface area contributed by atoms with Crippen LogP contribution < -0.4 is 10.1 Å². The smallest absolute Gasteiger partial charge is 0.335 e. The van der Waals surface area contributed by atoms with Crippen LogP contribution in [0.1, 0.15) is 54.4 Å². The molecule has 9 heteroatoms. The van der Waals surface area contributed by atoms with Gasteiger partial charge in [0.1, 0.15) is 17.4 Å². The highest BCUT2D eigenvalue weighted by molar-refractivity contribution is 6.30. The molecule has 0 aromatic heterocycles. The fraction of sp³-hybridized carbons (Fsp3) is 0.481. The van der Waals surface area contributed by atoms with Gasteiger partial charge in [0.25, 0.3) is 0 Å². The van der Waals surface area contributed by atoms with Gasteiger partial charge in [-0.3, -0.25) is 9.69 Å². The Morgan fingerprint density at radius 2 is 1.81 bits per heavy atom. The Morgan fingerprint density at radius 3 is 2.44 bits per heavy atom. The second-order valence-electron chi connectivity index (χ2n) is 9.85. The molecule has 0 spiro atoms. The third kappa shape index (κ3) is 5.49. The number of carboxylic acid groups (broad SMARTS) is 1. The zero-order valence-corrected chi connectivity index (χ0v) is 21.7. The van der Waals surface area contributed by atoms with Gasteiger partial charge in [0.15, 0.2) is 0 Å². The number of amides is 1. The van der Waals surface area contributed by atoms with E-state index in [0.29, 0.717) is 37.6 Å². The maximum Gasteiger partial charge on any atom is 0.335 e. The molecule has 2 aliphatic heterocycles. The molecule has 3 aliphatic rings. The Bertz CT molecular complexity index is 1080. The molecule has 2 aromatic rings. The Balaban J connectivity index is 0.00000304. The molecule has 7 nitrogen and oxygen atoms in total. The van der Waals surface area contributed by atoms with E-state index in [-0.39, 0.29) is 30.0 Å². The zero-order valence-electron chi connectivity index (χ0n) is 20.1. The fourth-order valence-electron chi connectivity index (χ4n) is 5.43. The number of carbonyl (C=O) groups excluding carboxylic acids is 1. The first kappa shape index (κ1) is 26.7. The molecule has 1 amide bonds. The average molecular weight is 535 g/mol. The highest BCUT2D eigenvalue weighted by atomic mass is 35.5. The minimum atomic E-state index is -0.953. The summed E-state index contributed by atoms with van der Waals surface area (Å²) in [6.45, 7) is 2.59. The van der Waals surface area contributed by atoms with Crippen LogP contribution in [0.2, 0.25) is 5.02 Å². The number of aromatic carboxylic acids is 1. The molecule has 1 aliphatic carbocycles. The number of nitrogens with zero attached hydrogens (tertiary/aromatic N) is 1. The number of rotatable bonds is 7. The third-order valence-electron chi connectivity index (χ3n) is 7.61. The summed E-state index contributed by atoms with van der Waals surface area (Å²) in [4.78, 5) is 27.5. The summed E-state index contributed by atoms with van der Waals surface area (Å²) < 4.78 is 11.9. The molecule has 3 fully saturated rings. The van der Waals surface area contributed by atoms with E-state index < -0.39 is 17.0 Å². The first-order valence-corrected chi connectivity index (χ1v) is 12.7.